The molecule has 0 fully saturated rings. The maximum atomic E-state index is 6.50. The van der Waals surface area contributed by atoms with Crippen LogP contribution >= 0.6 is 11.6 Å². The molecule has 0 spiro atoms. The number of rotatable bonds is 4. The average molecular weight is 362 g/mol. The monoisotopic (exact) mass is 361 g/mol. The van der Waals surface area contributed by atoms with Gasteiger partial charge in [-0.15, -0.1) is 0 Å². The van der Waals surface area contributed by atoms with Gasteiger partial charge in [0.25, 0.3) is 0 Å². The van der Waals surface area contributed by atoms with E-state index in [1.807, 2.05) is 60.7 Å². The lowest BCUT2D eigenvalue weighted by Gasteiger charge is -2.20. The molecule has 3 atom stereocenters. The van der Waals surface area contributed by atoms with E-state index < -0.39 is 0 Å². The van der Waals surface area contributed by atoms with E-state index in [4.69, 9.17) is 22.3 Å². The molecule has 0 saturated heterocycles. The standard InChI is InChI=1S/C22H20ClN3/c23-18-14-8-7-13-17(18)19(24)22-25-20(15-9-3-1-4-10-15)21(26-22)16-11-5-2-6-12-16/h1-14,19-21H,24H2,(H,25,26)/t19?,20-,21+. The molecule has 3 aromatic carbocycles. The van der Waals surface area contributed by atoms with Crippen molar-refractivity contribution in [2.45, 2.75) is 18.1 Å². The second kappa shape index (κ2) is 7.32. The summed E-state index contributed by atoms with van der Waals surface area (Å²) in [5.74, 6) is 0.765. The van der Waals surface area contributed by atoms with Gasteiger partial charge in [-0.2, -0.15) is 0 Å². The fourth-order valence-electron chi connectivity index (χ4n) is 3.39. The Kier molecular flexibility index (Phi) is 4.74. The number of amidine groups is 1. The van der Waals surface area contributed by atoms with E-state index >= 15 is 0 Å². The quantitative estimate of drug-likeness (QED) is 0.699. The molecule has 0 bridgehead atoms. The van der Waals surface area contributed by atoms with Crippen LogP contribution in [-0.4, -0.2) is 5.84 Å². The highest BCUT2D eigenvalue weighted by Gasteiger charge is 2.33. The first kappa shape index (κ1) is 16.8. The summed E-state index contributed by atoms with van der Waals surface area (Å²) in [7, 11) is 0. The SMILES string of the molecule is NC(C1=N[C@@H](c2ccccc2)[C@@H](c2ccccc2)N1)c1ccccc1Cl. The van der Waals surface area contributed by atoms with Crippen molar-refractivity contribution in [3.8, 4) is 0 Å². The van der Waals surface area contributed by atoms with Crippen LogP contribution in [0.15, 0.2) is 89.9 Å². The molecule has 3 aromatic rings. The lowest BCUT2D eigenvalue weighted by atomic mass is 9.95. The van der Waals surface area contributed by atoms with E-state index in [-0.39, 0.29) is 18.1 Å². The summed E-state index contributed by atoms with van der Waals surface area (Å²) < 4.78 is 0. The van der Waals surface area contributed by atoms with Gasteiger partial charge < -0.3 is 11.1 Å². The number of hydrogen-bond donors (Lipinski definition) is 2. The summed E-state index contributed by atoms with van der Waals surface area (Å²) in [5.41, 5.74) is 9.73. The normalized spacial score (nSPS) is 20.3. The Morgan fingerprint density at radius 1 is 0.808 bits per heavy atom. The largest absolute Gasteiger partial charge is 0.363 e. The Balaban J connectivity index is 1.72. The minimum Gasteiger partial charge on any atom is -0.363 e. The molecule has 26 heavy (non-hydrogen) atoms. The van der Waals surface area contributed by atoms with Crippen molar-refractivity contribution < 1.29 is 0 Å². The van der Waals surface area contributed by atoms with Crippen LogP contribution in [0.5, 0.6) is 0 Å². The Labute approximate surface area is 158 Å². The van der Waals surface area contributed by atoms with Crippen molar-refractivity contribution in [2.75, 3.05) is 0 Å². The molecule has 0 amide bonds. The lowest BCUT2D eigenvalue weighted by molar-refractivity contribution is 0.570. The molecule has 1 aliphatic rings. The highest BCUT2D eigenvalue weighted by atomic mass is 35.5. The number of nitrogens with one attached hydrogen (secondary N) is 1. The first-order valence-corrected chi connectivity index (χ1v) is 9.06. The van der Waals surface area contributed by atoms with Gasteiger partial charge in [0.15, 0.2) is 0 Å². The van der Waals surface area contributed by atoms with Gasteiger partial charge in [0, 0.05) is 5.02 Å². The maximum Gasteiger partial charge on any atom is 0.119 e. The van der Waals surface area contributed by atoms with Crippen LogP contribution in [0.4, 0.5) is 0 Å². The topological polar surface area (TPSA) is 50.4 Å². The Morgan fingerprint density at radius 3 is 2.04 bits per heavy atom. The first-order chi connectivity index (χ1) is 12.7. The zero-order valence-corrected chi connectivity index (χ0v) is 15.0. The molecule has 0 aliphatic carbocycles. The van der Waals surface area contributed by atoms with Gasteiger partial charge in [-0.1, -0.05) is 90.5 Å². The average Bonchev–Trinajstić information content (AvgIpc) is 3.15. The zero-order valence-electron chi connectivity index (χ0n) is 14.2. The molecule has 0 saturated carbocycles. The van der Waals surface area contributed by atoms with Crippen molar-refractivity contribution in [1.82, 2.24) is 5.32 Å². The minimum absolute atomic E-state index is 0.0258. The van der Waals surface area contributed by atoms with Crippen LogP contribution in [0.3, 0.4) is 0 Å². The van der Waals surface area contributed by atoms with E-state index in [0.717, 1.165) is 17.0 Å². The first-order valence-electron chi connectivity index (χ1n) is 8.68. The minimum atomic E-state index is -0.386. The molecule has 1 heterocycles. The van der Waals surface area contributed by atoms with Crippen LogP contribution in [0.25, 0.3) is 0 Å². The summed E-state index contributed by atoms with van der Waals surface area (Å²) in [6.07, 6.45) is 0. The molecule has 4 rings (SSSR count). The van der Waals surface area contributed by atoms with Gasteiger partial charge in [0.1, 0.15) is 11.9 Å². The Morgan fingerprint density at radius 2 is 1.38 bits per heavy atom. The molecular weight excluding hydrogens is 342 g/mol. The van der Waals surface area contributed by atoms with E-state index in [1.54, 1.807) is 0 Å². The number of aliphatic imine (C=N–C) groups is 1. The maximum absolute atomic E-state index is 6.50. The second-order valence-electron chi connectivity index (χ2n) is 6.40. The van der Waals surface area contributed by atoms with Crippen molar-refractivity contribution in [3.63, 3.8) is 0 Å². The fraction of sp³-hybridized carbons (Fsp3) is 0.136. The summed E-state index contributed by atoms with van der Waals surface area (Å²) in [5, 5.41) is 4.20. The van der Waals surface area contributed by atoms with Crippen LogP contribution in [-0.2, 0) is 0 Å². The Hall–Kier alpha value is -2.62. The molecule has 1 aliphatic heterocycles. The van der Waals surface area contributed by atoms with Gasteiger partial charge in [-0.3, -0.25) is 4.99 Å². The van der Waals surface area contributed by atoms with Gasteiger partial charge in [-0.25, -0.2) is 0 Å². The van der Waals surface area contributed by atoms with Gasteiger partial charge in [-0.05, 0) is 22.8 Å². The third-order valence-corrected chi connectivity index (χ3v) is 5.08. The summed E-state index contributed by atoms with van der Waals surface area (Å²) >= 11 is 6.34. The second-order valence-corrected chi connectivity index (χ2v) is 6.81. The van der Waals surface area contributed by atoms with E-state index in [1.165, 1.54) is 5.56 Å². The molecule has 130 valence electrons. The fourth-order valence-corrected chi connectivity index (χ4v) is 3.64. The van der Waals surface area contributed by atoms with E-state index in [0.29, 0.717) is 5.02 Å². The molecule has 3 nitrogen and oxygen atoms in total. The van der Waals surface area contributed by atoms with Gasteiger partial charge >= 0.3 is 0 Å². The molecule has 4 heteroatoms. The highest BCUT2D eigenvalue weighted by molar-refractivity contribution is 6.31. The third-order valence-electron chi connectivity index (χ3n) is 4.73. The number of halogens is 1. The molecule has 0 radical (unpaired) electrons. The van der Waals surface area contributed by atoms with Crippen molar-refractivity contribution in [1.29, 1.82) is 0 Å². The summed E-state index contributed by atoms with van der Waals surface area (Å²) in [6, 6.07) is 28.0. The number of hydrogen-bond acceptors (Lipinski definition) is 3. The Bertz CT molecular complexity index is 909. The predicted octanol–water partition coefficient (Wildman–Crippen LogP) is 4.82. The van der Waals surface area contributed by atoms with E-state index in [2.05, 4.69) is 29.6 Å². The van der Waals surface area contributed by atoms with Crippen molar-refractivity contribution >= 4 is 17.4 Å². The van der Waals surface area contributed by atoms with Crippen LogP contribution < -0.4 is 11.1 Å². The number of benzene rings is 3. The molecule has 3 N–H and O–H groups in total. The third kappa shape index (κ3) is 3.24. The van der Waals surface area contributed by atoms with Crippen molar-refractivity contribution in [3.05, 3.63) is 107 Å². The summed E-state index contributed by atoms with van der Waals surface area (Å²) in [4.78, 5) is 4.96. The van der Waals surface area contributed by atoms with Crippen LogP contribution in [0, 0.1) is 0 Å². The zero-order chi connectivity index (χ0) is 17.9. The van der Waals surface area contributed by atoms with Crippen LogP contribution in [0.1, 0.15) is 34.8 Å². The molecule has 1 unspecified atom stereocenters. The molecular formula is C22H20ClN3. The van der Waals surface area contributed by atoms with Gasteiger partial charge in [0.05, 0.1) is 12.1 Å². The lowest BCUT2D eigenvalue weighted by Crippen LogP contribution is -2.33. The van der Waals surface area contributed by atoms with Crippen LogP contribution in [0.2, 0.25) is 5.02 Å². The highest BCUT2D eigenvalue weighted by Crippen LogP contribution is 2.38. The molecule has 0 aromatic heterocycles. The van der Waals surface area contributed by atoms with Crippen molar-refractivity contribution in [2.24, 2.45) is 10.7 Å². The number of nitrogens with two attached hydrogens (primary N) is 1. The summed E-state index contributed by atoms with van der Waals surface area (Å²) in [6.45, 7) is 0. The smallest absolute Gasteiger partial charge is 0.119 e. The van der Waals surface area contributed by atoms with Gasteiger partial charge in [0.2, 0.25) is 0 Å². The van der Waals surface area contributed by atoms with E-state index in [9.17, 15) is 0 Å². The predicted molar refractivity (Wildman–Crippen MR) is 107 cm³/mol. The number of nitrogens with zero attached hydrogens (tertiary/aromatic N) is 1.